The van der Waals surface area contributed by atoms with Crippen LogP contribution in [0.5, 0.6) is 17.2 Å². The molecule has 10 rings (SSSR count). The maximum atomic E-state index is 9.90. The highest BCUT2D eigenvalue weighted by atomic mass is 16.5. The zero-order valence-corrected chi connectivity index (χ0v) is 35.7. The molecule has 6 nitrogen and oxygen atoms in total. The minimum atomic E-state index is -0.945. The van der Waals surface area contributed by atoms with E-state index < -0.39 is 5.60 Å². The van der Waals surface area contributed by atoms with Crippen LogP contribution in [0.4, 0.5) is 5.69 Å². The van der Waals surface area contributed by atoms with Gasteiger partial charge in [-0.3, -0.25) is 0 Å². The highest BCUT2D eigenvalue weighted by molar-refractivity contribution is 6.10. The van der Waals surface area contributed by atoms with Crippen molar-refractivity contribution >= 4 is 22.5 Å². The van der Waals surface area contributed by atoms with Crippen molar-refractivity contribution in [2.75, 3.05) is 45.4 Å². The smallest absolute Gasteiger partial charge is 0.178 e. The SMILES string of the molecule is COc1ccc(C2(c3ccc(N4CCOCC4)cc3)C=Cc3c4c(c5cc(-c6ccc(CO)cc6)c(OC)cc5c3O2)-c2ccccc2C42CC(C)(C)CC(C)(C)C2)cc1. The summed E-state index contributed by atoms with van der Waals surface area (Å²) in [5.74, 6) is 2.44. The Labute approximate surface area is 354 Å². The monoisotopic (exact) mass is 797 g/mol. The van der Waals surface area contributed by atoms with E-state index >= 15 is 0 Å². The van der Waals surface area contributed by atoms with Crippen molar-refractivity contribution in [3.63, 3.8) is 0 Å². The minimum Gasteiger partial charge on any atom is -0.497 e. The maximum Gasteiger partial charge on any atom is 0.178 e. The number of rotatable bonds is 7. The zero-order valence-electron chi connectivity index (χ0n) is 35.7. The van der Waals surface area contributed by atoms with Crippen LogP contribution in [0.2, 0.25) is 0 Å². The normalized spacial score (nSPS) is 20.6. The third kappa shape index (κ3) is 6.13. The molecule has 6 aromatic carbocycles. The summed E-state index contributed by atoms with van der Waals surface area (Å²) in [6, 6.07) is 39.1. The van der Waals surface area contributed by atoms with Gasteiger partial charge in [-0.1, -0.05) is 107 Å². The van der Waals surface area contributed by atoms with Crippen LogP contribution < -0.4 is 19.1 Å². The number of aliphatic hydroxyl groups excluding tert-OH is 1. The van der Waals surface area contributed by atoms with Crippen molar-refractivity contribution in [2.45, 2.75) is 64.6 Å². The number of anilines is 1. The molecule has 6 aromatic rings. The number of methoxy groups -OCH3 is 2. The van der Waals surface area contributed by atoms with Gasteiger partial charge in [-0.15, -0.1) is 0 Å². The Morgan fingerprint density at radius 1 is 0.700 bits per heavy atom. The van der Waals surface area contributed by atoms with Crippen LogP contribution in [-0.2, 0) is 22.4 Å². The summed E-state index contributed by atoms with van der Waals surface area (Å²) in [5.41, 5.74) is 11.7. The fourth-order valence-corrected chi connectivity index (χ4v) is 11.9. The predicted octanol–water partition coefficient (Wildman–Crippen LogP) is 11.7. The van der Waals surface area contributed by atoms with E-state index in [1.165, 1.54) is 27.9 Å². The lowest BCUT2D eigenvalue weighted by molar-refractivity contribution is 0.0642. The van der Waals surface area contributed by atoms with Crippen LogP contribution in [0.15, 0.2) is 115 Å². The first-order valence-electron chi connectivity index (χ1n) is 21.5. The molecule has 6 heteroatoms. The van der Waals surface area contributed by atoms with E-state index in [9.17, 15) is 5.11 Å². The predicted molar refractivity (Wildman–Crippen MR) is 242 cm³/mol. The molecule has 4 aliphatic rings. The average molecular weight is 798 g/mol. The van der Waals surface area contributed by atoms with Gasteiger partial charge in [0.05, 0.1) is 34.0 Å². The molecule has 2 heterocycles. The van der Waals surface area contributed by atoms with Crippen molar-refractivity contribution in [1.82, 2.24) is 0 Å². The maximum absolute atomic E-state index is 9.90. The number of nitrogens with zero attached hydrogens (tertiary/aromatic N) is 1. The molecular weight excluding hydrogens is 743 g/mol. The van der Waals surface area contributed by atoms with Gasteiger partial charge in [0.1, 0.15) is 17.2 Å². The van der Waals surface area contributed by atoms with Crippen molar-refractivity contribution in [1.29, 1.82) is 0 Å². The number of hydrogen-bond donors (Lipinski definition) is 1. The molecule has 1 unspecified atom stereocenters. The first-order valence-corrected chi connectivity index (χ1v) is 21.5. The summed E-state index contributed by atoms with van der Waals surface area (Å²) in [5, 5.41) is 12.1. The van der Waals surface area contributed by atoms with Crippen LogP contribution in [-0.4, -0.2) is 45.6 Å². The van der Waals surface area contributed by atoms with Gasteiger partial charge in [-0.25, -0.2) is 0 Å². The Bertz CT molecular complexity index is 2620. The topological polar surface area (TPSA) is 60.4 Å². The number of fused-ring (bicyclic) bond motifs is 10. The Morgan fingerprint density at radius 3 is 2.02 bits per heavy atom. The molecule has 1 saturated heterocycles. The Kier molecular flexibility index (Phi) is 9.19. The molecule has 1 spiro atoms. The number of aliphatic hydroxyl groups is 1. The van der Waals surface area contributed by atoms with E-state index in [2.05, 4.69) is 130 Å². The van der Waals surface area contributed by atoms with Crippen LogP contribution in [0.25, 0.3) is 39.1 Å². The molecule has 60 heavy (non-hydrogen) atoms. The fourth-order valence-electron chi connectivity index (χ4n) is 11.9. The molecule has 0 radical (unpaired) electrons. The van der Waals surface area contributed by atoms with Gasteiger partial charge in [0, 0.05) is 51.8 Å². The molecule has 1 N–H and O–H groups in total. The molecule has 1 saturated carbocycles. The molecule has 1 atom stereocenters. The van der Waals surface area contributed by atoms with E-state index in [1.54, 1.807) is 14.2 Å². The van der Waals surface area contributed by atoms with Gasteiger partial charge in [-0.05, 0) is 111 Å². The van der Waals surface area contributed by atoms with Crippen molar-refractivity contribution in [3.8, 4) is 39.5 Å². The summed E-state index contributed by atoms with van der Waals surface area (Å²) in [7, 11) is 3.46. The highest BCUT2D eigenvalue weighted by Crippen LogP contribution is 2.67. The largest absolute Gasteiger partial charge is 0.497 e. The molecule has 2 fully saturated rings. The van der Waals surface area contributed by atoms with Gasteiger partial charge < -0.3 is 29.0 Å². The van der Waals surface area contributed by atoms with Crippen molar-refractivity contribution in [2.24, 2.45) is 10.8 Å². The Morgan fingerprint density at radius 2 is 1.37 bits per heavy atom. The Hall–Kier alpha value is -5.56. The molecule has 2 aliphatic carbocycles. The third-order valence-electron chi connectivity index (χ3n) is 13.7. The lowest BCUT2D eigenvalue weighted by atomic mass is 9.52. The highest BCUT2D eigenvalue weighted by Gasteiger charge is 2.55. The molecule has 306 valence electrons. The summed E-state index contributed by atoms with van der Waals surface area (Å²) in [6.07, 6.45) is 7.92. The first kappa shape index (κ1) is 38.6. The van der Waals surface area contributed by atoms with E-state index in [-0.39, 0.29) is 22.9 Å². The lowest BCUT2D eigenvalue weighted by Gasteiger charge is -2.52. The molecule has 2 aliphatic heterocycles. The third-order valence-corrected chi connectivity index (χ3v) is 13.7. The number of hydrogen-bond acceptors (Lipinski definition) is 6. The fraction of sp³-hybridized carbons (Fsp3) is 0.333. The second kappa shape index (κ2) is 14.3. The molecular formula is C54H55NO5. The Balaban J connectivity index is 1.27. The van der Waals surface area contributed by atoms with Crippen LogP contribution in [0.3, 0.4) is 0 Å². The molecule has 0 aromatic heterocycles. The van der Waals surface area contributed by atoms with Gasteiger partial charge in [0.15, 0.2) is 5.60 Å². The van der Waals surface area contributed by atoms with E-state index in [0.717, 1.165) is 107 Å². The summed E-state index contributed by atoms with van der Waals surface area (Å²) in [4.78, 5) is 2.39. The standard InChI is InChI=1S/C54H55NO5/c1-51(2)32-52(3,4)34-53(33-51)46-10-8-7-9-41(46)48-44-29-43(36-13-11-35(31-56)12-14-36)47(58-6)30-45(44)50-42(49(48)53)23-24-54(60-50,38-17-21-40(57-5)22-18-38)37-15-19-39(20-16-37)55-25-27-59-28-26-55/h7-24,29-30,56H,25-28,31-34H2,1-6H3. The van der Waals surface area contributed by atoms with Crippen molar-refractivity contribution in [3.05, 3.63) is 149 Å². The molecule has 0 amide bonds. The van der Waals surface area contributed by atoms with Gasteiger partial charge in [0.2, 0.25) is 0 Å². The lowest BCUT2D eigenvalue weighted by Crippen LogP contribution is -2.44. The second-order valence-electron chi connectivity index (χ2n) is 19.0. The summed E-state index contributed by atoms with van der Waals surface area (Å²) in [6.45, 7) is 13.1. The van der Waals surface area contributed by atoms with Crippen molar-refractivity contribution < 1.29 is 24.1 Å². The van der Waals surface area contributed by atoms with Gasteiger partial charge >= 0.3 is 0 Å². The zero-order chi connectivity index (χ0) is 41.4. The molecule has 0 bridgehead atoms. The number of morpholine rings is 1. The van der Waals surface area contributed by atoms with E-state index in [4.69, 9.17) is 18.9 Å². The number of benzene rings is 6. The first-order chi connectivity index (χ1) is 29.0. The van der Waals surface area contributed by atoms with Crippen LogP contribution in [0.1, 0.15) is 80.3 Å². The van der Waals surface area contributed by atoms with E-state index in [0.29, 0.717) is 0 Å². The summed E-state index contributed by atoms with van der Waals surface area (Å²) < 4.78 is 25.5. The quantitative estimate of drug-likeness (QED) is 0.174. The van der Waals surface area contributed by atoms with E-state index in [1.807, 2.05) is 24.3 Å². The van der Waals surface area contributed by atoms with Gasteiger partial charge in [0.25, 0.3) is 0 Å². The van der Waals surface area contributed by atoms with Gasteiger partial charge in [-0.2, -0.15) is 0 Å². The number of ether oxygens (including phenoxy) is 4. The second-order valence-corrected chi connectivity index (χ2v) is 19.0. The minimum absolute atomic E-state index is 0.00289. The average Bonchev–Trinajstić information content (AvgIpc) is 3.53. The summed E-state index contributed by atoms with van der Waals surface area (Å²) >= 11 is 0. The van der Waals surface area contributed by atoms with Crippen LogP contribution in [0, 0.1) is 10.8 Å². The van der Waals surface area contributed by atoms with Crippen LogP contribution >= 0.6 is 0 Å².